The third-order valence-electron chi connectivity index (χ3n) is 4.89. The molecule has 1 saturated heterocycles. The van der Waals surface area contributed by atoms with Crippen molar-refractivity contribution in [2.24, 2.45) is 0 Å². The molecule has 1 aromatic carbocycles. The minimum Gasteiger partial charge on any atom is -0.481 e. The van der Waals surface area contributed by atoms with Gasteiger partial charge in [-0.3, -0.25) is 34.2 Å². The maximum Gasteiger partial charge on any atom is 0.303 e. The van der Waals surface area contributed by atoms with Gasteiger partial charge in [0.15, 0.2) is 0 Å². The molecule has 9 heteroatoms. The highest BCUT2D eigenvalue weighted by atomic mass is 16.4. The van der Waals surface area contributed by atoms with E-state index in [1.165, 1.54) is 0 Å². The lowest BCUT2D eigenvalue weighted by Gasteiger charge is -2.38. The Labute approximate surface area is 161 Å². The fraction of sp³-hybridized carbons (Fsp3) is 0.421. The van der Waals surface area contributed by atoms with Crippen LogP contribution in [0.5, 0.6) is 0 Å². The number of carbonyl (C=O) groups is 5. The second-order valence-electron chi connectivity index (χ2n) is 6.81. The fourth-order valence-electron chi connectivity index (χ4n) is 3.51. The summed E-state index contributed by atoms with van der Waals surface area (Å²) in [6, 6.07) is 4.84. The van der Waals surface area contributed by atoms with E-state index in [1.54, 1.807) is 24.3 Å². The van der Waals surface area contributed by atoms with Gasteiger partial charge in [0.05, 0.1) is 0 Å². The lowest BCUT2D eigenvalue weighted by atomic mass is 9.91. The third kappa shape index (κ3) is 3.94. The first-order valence-electron chi connectivity index (χ1n) is 9.15. The van der Waals surface area contributed by atoms with E-state index in [0.717, 1.165) is 4.90 Å². The first-order valence-corrected chi connectivity index (χ1v) is 9.15. The van der Waals surface area contributed by atoms with Gasteiger partial charge in [-0.1, -0.05) is 18.2 Å². The number of amides is 4. The van der Waals surface area contributed by atoms with E-state index in [-0.39, 0.29) is 19.3 Å². The predicted octanol–water partition coefficient (Wildman–Crippen LogP) is 0.360. The molecule has 2 aliphatic heterocycles. The van der Waals surface area contributed by atoms with Crippen molar-refractivity contribution < 1.29 is 29.1 Å². The van der Waals surface area contributed by atoms with Crippen LogP contribution in [0.25, 0.3) is 0 Å². The van der Waals surface area contributed by atoms with Crippen LogP contribution < -0.4 is 10.6 Å². The molecule has 2 atom stereocenters. The molecule has 0 aliphatic carbocycles. The topological polar surface area (TPSA) is 133 Å². The van der Waals surface area contributed by atoms with Crippen LogP contribution in [0.1, 0.15) is 54.1 Å². The van der Waals surface area contributed by atoms with Crippen LogP contribution in [0.4, 0.5) is 0 Å². The molecular weight excluding hydrogens is 366 g/mol. The number of fused-ring (bicyclic) bond motifs is 1. The van der Waals surface area contributed by atoms with E-state index in [2.05, 4.69) is 10.6 Å². The summed E-state index contributed by atoms with van der Waals surface area (Å²) in [7, 11) is 0. The number of benzene rings is 1. The van der Waals surface area contributed by atoms with Crippen molar-refractivity contribution in [2.45, 2.75) is 44.2 Å². The van der Waals surface area contributed by atoms with Crippen molar-refractivity contribution in [1.29, 1.82) is 0 Å². The maximum atomic E-state index is 13.1. The van der Waals surface area contributed by atoms with Crippen LogP contribution in [-0.2, 0) is 19.2 Å². The lowest BCUT2D eigenvalue weighted by Crippen LogP contribution is -2.60. The fourth-order valence-corrected chi connectivity index (χ4v) is 3.51. The number of carbonyl (C=O) groups excluding carboxylic acids is 4. The molecule has 2 aliphatic rings. The van der Waals surface area contributed by atoms with E-state index in [4.69, 9.17) is 5.11 Å². The smallest absolute Gasteiger partial charge is 0.303 e. The van der Waals surface area contributed by atoms with Crippen molar-refractivity contribution in [3.8, 4) is 0 Å². The largest absolute Gasteiger partial charge is 0.481 e. The maximum absolute atomic E-state index is 13.1. The van der Waals surface area contributed by atoms with Crippen LogP contribution in [0.15, 0.2) is 24.3 Å². The molecule has 0 radical (unpaired) electrons. The molecule has 28 heavy (non-hydrogen) atoms. The van der Waals surface area contributed by atoms with Crippen LogP contribution in [-0.4, -0.2) is 52.2 Å². The summed E-state index contributed by atoms with van der Waals surface area (Å²) in [5.41, 5.74) is 0.856. The Balaban J connectivity index is 1.81. The highest BCUT2D eigenvalue weighted by Crippen LogP contribution is 2.30. The van der Waals surface area contributed by atoms with Crippen molar-refractivity contribution in [3.63, 3.8) is 0 Å². The summed E-state index contributed by atoms with van der Waals surface area (Å²) in [4.78, 5) is 61.2. The normalized spacial score (nSPS) is 22.1. The van der Waals surface area contributed by atoms with Gasteiger partial charge in [-0.2, -0.15) is 0 Å². The van der Waals surface area contributed by atoms with Crippen molar-refractivity contribution in [3.05, 3.63) is 35.4 Å². The number of nitrogens with one attached hydrogen (secondary N) is 2. The van der Waals surface area contributed by atoms with Gasteiger partial charge in [0.1, 0.15) is 12.1 Å². The van der Waals surface area contributed by atoms with Crippen LogP contribution in [0.3, 0.4) is 0 Å². The molecule has 2 unspecified atom stereocenters. The second kappa shape index (κ2) is 8.30. The van der Waals surface area contributed by atoms with E-state index in [1.807, 2.05) is 0 Å². The number of rotatable bonds is 7. The van der Waals surface area contributed by atoms with Crippen LogP contribution >= 0.6 is 0 Å². The zero-order valence-electron chi connectivity index (χ0n) is 15.1. The quantitative estimate of drug-likeness (QED) is 0.454. The molecule has 9 nitrogen and oxygen atoms in total. The summed E-state index contributed by atoms with van der Waals surface area (Å²) in [6.45, 7) is 0.384. The van der Waals surface area contributed by atoms with E-state index in [9.17, 15) is 24.0 Å². The van der Waals surface area contributed by atoms with Gasteiger partial charge >= 0.3 is 5.97 Å². The number of imide groups is 2. The standard InChI is InChI=1S/C19H21N3O6/c23-14-9-8-13(17(26)21-14)22-18(27)12-6-2-1-5-11(12)16(19(22)28)20-10-4-3-7-15(24)25/h1-2,5-6,13,16,20H,3-4,7-10H2,(H,24,25)(H,21,23,26). The van der Waals surface area contributed by atoms with E-state index < -0.39 is 41.7 Å². The number of carboxylic acids is 1. The van der Waals surface area contributed by atoms with Crippen molar-refractivity contribution >= 4 is 29.6 Å². The highest BCUT2D eigenvalue weighted by molar-refractivity contribution is 6.14. The minimum atomic E-state index is -1.03. The number of carboxylic acid groups (broad SMARTS) is 1. The molecule has 148 valence electrons. The monoisotopic (exact) mass is 387 g/mol. The Kier molecular flexibility index (Phi) is 5.84. The average Bonchev–Trinajstić information content (AvgIpc) is 2.65. The number of aliphatic carboxylic acids is 1. The molecular formula is C19H21N3O6. The summed E-state index contributed by atoms with van der Waals surface area (Å²) >= 11 is 0. The molecule has 0 saturated carbocycles. The zero-order valence-corrected chi connectivity index (χ0v) is 15.1. The molecule has 0 aromatic heterocycles. The Morgan fingerprint density at radius 2 is 1.93 bits per heavy atom. The van der Waals surface area contributed by atoms with Gasteiger partial charge in [-0.25, -0.2) is 0 Å². The SMILES string of the molecule is O=C(O)CCCCNC1C(=O)N(C2CCC(=O)NC2=O)C(=O)c2ccccc21. The zero-order chi connectivity index (χ0) is 20.3. The first-order chi connectivity index (χ1) is 13.4. The molecule has 3 rings (SSSR count). The molecule has 4 amide bonds. The predicted molar refractivity (Wildman–Crippen MR) is 96.0 cm³/mol. The number of hydrogen-bond acceptors (Lipinski definition) is 6. The van der Waals surface area contributed by atoms with Crippen LogP contribution in [0.2, 0.25) is 0 Å². The number of piperidine rings is 1. The number of unbranched alkanes of at least 4 members (excludes halogenated alkanes) is 1. The minimum absolute atomic E-state index is 0.0394. The molecule has 0 spiro atoms. The Morgan fingerprint density at radius 3 is 2.64 bits per heavy atom. The van der Waals surface area contributed by atoms with E-state index >= 15 is 0 Å². The molecule has 3 N–H and O–H groups in total. The molecule has 0 bridgehead atoms. The summed E-state index contributed by atoms with van der Waals surface area (Å²) < 4.78 is 0. The first kappa shape index (κ1) is 19.7. The number of hydrogen-bond donors (Lipinski definition) is 3. The van der Waals surface area contributed by atoms with E-state index in [0.29, 0.717) is 30.5 Å². The van der Waals surface area contributed by atoms with Gasteiger partial charge in [0, 0.05) is 18.4 Å². The summed E-state index contributed by atoms with van der Waals surface area (Å²) in [6.07, 6.45) is 1.20. The van der Waals surface area contributed by atoms with Gasteiger partial charge in [-0.15, -0.1) is 0 Å². The van der Waals surface area contributed by atoms with Crippen molar-refractivity contribution in [1.82, 2.24) is 15.5 Å². The molecule has 1 fully saturated rings. The lowest BCUT2D eigenvalue weighted by molar-refractivity contribution is -0.144. The third-order valence-corrected chi connectivity index (χ3v) is 4.89. The van der Waals surface area contributed by atoms with Crippen LogP contribution in [0, 0.1) is 0 Å². The van der Waals surface area contributed by atoms with Gasteiger partial charge in [0.2, 0.25) is 11.8 Å². The number of nitrogens with zero attached hydrogens (tertiary/aromatic N) is 1. The van der Waals surface area contributed by atoms with Crippen molar-refractivity contribution in [2.75, 3.05) is 6.54 Å². The Bertz CT molecular complexity index is 837. The Hall–Kier alpha value is -3.07. The average molecular weight is 387 g/mol. The Morgan fingerprint density at radius 1 is 1.18 bits per heavy atom. The molecule has 1 aromatic rings. The van der Waals surface area contributed by atoms with Gasteiger partial charge < -0.3 is 10.4 Å². The summed E-state index contributed by atoms with van der Waals surface area (Å²) in [5, 5.41) is 14.0. The van der Waals surface area contributed by atoms with Gasteiger partial charge in [0.25, 0.3) is 11.8 Å². The highest BCUT2D eigenvalue weighted by Gasteiger charge is 2.45. The second-order valence-corrected chi connectivity index (χ2v) is 6.81. The summed E-state index contributed by atoms with van der Waals surface area (Å²) in [5.74, 6) is -3.06. The van der Waals surface area contributed by atoms with Gasteiger partial charge in [-0.05, 0) is 37.4 Å². The molecule has 2 heterocycles.